The molecule has 4 rings (SSSR count). The van der Waals surface area contributed by atoms with E-state index in [0.717, 1.165) is 45.3 Å². The van der Waals surface area contributed by atoms with Crippen LogP contribution in [0.3, 0.4) is 0 Å². The fraction of sp³-hybridized carbons (Fsp3) is 0.263. The summed E-state index contributed by atoms with van der Waals surface area (Å²) in [5.41, 5.74) is 4.32. The summed E-state index contributed by atoms with van der Waals surface area (Å²) in [5, 5.41) is 4.12. The minimum absolute atomic E-state index is 0.301. The molecule has 0 aromatic heterocycles. The Balaban J connectivity index is 1.83. The van der Waals surface area contributed by atoms with Gasteiger partial charge in [0.25, 0.3) is 0 Å². The molecular weight excluding hydrogens is 374 g/mol. The van der Waals surface area contributed by atoms with Crippen LogP contribution in [-0.4, -0.2) is 5.71 Å². The van der Waals surface area contributed by atoms with Gasteiger partial charge in [0, 0.05) is 15.5 Å². The van der Waals surface area contributed by atoms with Crippen LogP contribution < -0.4 is 0 Å². The van der Waals surface area contributed by atoms with Crippen LogP contribution in [0, 0.1) is 23.6 Å². The third-order valence-electron chi connectivity index (χ3n) is 5.15. The molecule has 0 heterocycles. The van der Waals surface area contributed by atoms with Gasteiger partial charge in [0.2, 0.25) is 0 Å². The second-order valence-corrected chi connectivity index (χ2v) is 7.43. The number of aryl methyl sites for hydroxylation is 1. The Morgan fingerprint density at radius 1 is 1.04 bits per heavy atom. The van der Waals surface area contributed by atoms with Crippen molar-refractivity contribution in [2.24, 2.45) is 10.5 Å². The third kappa shape index (κ3) is 2.29. The molecule has 0 saturated heterocycles. The van der Waals surface area contributed by atoms with Crippen molar-refractivity contribution in [1.29, 1.82) is 0 Å². The first-order valence-corrected chi connectivity index (χ1v) is 8.52. The summed E-state index contributed by atoms with van der Waals surface area (Å²) in [7, 11) is 0. The number of nitrogens with zero attached hydrogens (tertiary/aromatic N) is 2. The molecule has 2 aromatic rings. The van der Waals surface area contributed by atoms with E-state index in [2.05, 4.69) is 26.0 Å². The van der Waals surface area contributed by atoms with Gasteiger partial charge in [-0.3, -0.25) is 0 Å². The molecule has 24 heavy (non-hydrogen) atoms. The first-order chi connectivity index (χ1) is 11.5. The molecule has 1 unspecified atom stereocenters. The van der Waals surface area contributed by atoms with Crippen molar-refractivity contribution in [3.63, 3.8) is 0 Å². The summed E-state index contributed by atoms with van der Waals surface area (Å²) in [6.07, 6.45) is 2.81. The topological polar surface area (TPSA) is 16.7 Å². The molecule has 2 aromatic carbocycles. The Hall–Kier alpha value is -2.06. The SMILES string of the molecule is [C-]#[N+]/N=C1\c2cc(Br)ccc2CC12CCc1cc(F)c(F)cc1C2. The smallest absolute Gasteiger partial charge is 0.159 e. The van der Waals surface area contributed by atoms with E-state index in [4.69, 9.17) is 6.57 Å². The number of fused-ring (bicyclic) bond motifs is 2. The van der Waals surface area contributed by atoms with Gasteiger partial charge < -0.3 is 0 Å². The van der Waals surface area contributed by atoms with Crippen molar-refractivity contribution >= 4 is 21.6 Å². The highest BCUT2D eigenvalue weighted by Gasteiger charge is 2.47. The molecule has 1 atom stereocenters. The van der Waals surface area contributed by atoms with E-state index in [0.29, 0.717) is 12.8 Å². The quantitative estimate of drug-likeness (QED) is 0.443. The fourth-order valence-corrected chi connectivity index (χ4v) is 4.43. The van der Waals surface area contributed by atoms with Crippen LogP contribution in [0.25, 0.3) is 4.95 Å². The average Bonchev–Trinajstić information content (AvgIpc) is 2.83. The molecule has 0 bridgehead atoms. The zero-order valence-electron chi connectivity index (χ0n) is 12.7. The van der Waals surface area contributed by atoms with Gasteiger partial charge in [0.1, 0.15) is 5.71 Å². The largest absolute Gasteiger partial charge is 0.204 e. The highest BCUT2D eigenvalue weighted by atomic mass is 79.9. The summed E-state index contributed by atoms with van der Waals surface area (Å²) in [6.45, 7) is 7.19. The monoisotopic (exact) mass is 386 g/mol. The summed E-state index contributed by atoms with van der Waals surface area (Å²) in [6, 6.07) is 8.64. The fourth-order valence-electron chi connectivity index (χ4n) is 4.07. The second-order valence-electron chi connectivity index (χ2n) is 6.52. The minimum atomic E-state index is -0.812. The zero-order valence-corrected chi connectivity index (χ0v) is 14.3. The molecule has 0 radical (unpaired) electrons. The second kappa shape index (κ2) is 5.49. The molecule has 2 nitrogen and oxygen atoms in total. The van der Waals surface area contributed by atoms with Crippen LogP contribution in [0.2, 0.25) is 0 Å². The predicted molar refractivity (Wildman–Crippen MR) is 91.8 cm³/mol. The van der Waals surface area contributed by atoms with Gasteiger partial charge in [-0.05, 0) is 66.6 Å². The van der Waals surface area contributed by atoms with Gasteiger partial charge in [-0.15, -0.1) is 4.95 Å². The molecule has 120 valence electrons. The van der Waals surface area contributed by atoms with Crippen molar-refractivity contribution in [3.05, 3.63) is 80.2 Å². The molecule has 0 aliphatic heterocycles. The summed E-state index contributed by atoms with van der Waals surface area (Å²) < 4.78 is 28.1. The van der Waals surface area contributed by atoms with E-state index in [1.54, 1.807) is 0 Å². The van der Waals surface area contributed by atoms with Gasteiger partial charge in [0.15, 0.2) is 11.6 Å². The maximum atomic E-state index is 13.7. The van der Waals surface area contributed by atoms with Gasteiger partial charge in [0.05, 0.1) is 5.10 Å². The van der Waals surface area contributed by atoms with Gasteiger partial charge in [-0.1, -0.05) is 22.0 Å². The summed E-state index contributed by atoms with van der Waals surface area (Å²) >= 11 is 3.48. The maximum absolute atomic E-state index is 13.7. The lowest BCUT2D eigenvalue weighted by Gasteiger charge is -2.34. The van der Waals surface area contributed by atoms with Crippen LogP contribution in [0.5, 0.6) is 0 Å². The summed E-state index contributed by atoms with van der Waals surface area (Å²) in [5.74, 6) is -1.61. The normalized spacial score (nSPS) is 23.2. The Morgan fingerprint density at radius 3 is 2.50 bits per heavy atom. The van der Waals surface area contributed by atoms with Crippen molar-refractivity contribution in [3.8, 4) is 0 Å². The summed E-state index contributed by atoms with van der Waals surface area (Å²) in [4.78, 5) is 3.27. The van der Waals surface area contributed by atoms with Crippen LogP contribution in [0.15, 0.2) is 39.9 Å². The van der Waals surface area contributed by atoms with Gasteiger partial charge >= 0.3 is 0 Å². The molecule has 5 heteroatoms. The van der Waals surface area contributed by atoms with Gasteiger partial charge in [-0.25, -0.2) is 8.78 Å². The molecule has 2 aliphatic carbocycles. The highest BCUT2D eigenvalue weighted by molar-refractivity contribution is 9.10. The molecule has 1 spiro atoms. The average molecular weight is 387 g/mol. The lowest BCUT2D eigenvalue weighted by molar-refractivity contribution is 0.368. The van der Waals surface area contributed by atoms with Crippen LogP contribution in [-0.2, 0) is 19.3 Å². The van der Waals surface area contributed by atoms with E-state index in [1.807, 2.05) is 18.2 Å². The van der Waals surface area contributed by atoms with Crippen LogP contribution in [0.4, 0.5) is 8.78 Å². The van der Waals surface area contributed by atoms with E-state index in [1.165, 1.54) is 12.1 Å². The van der Waals surface area contributed by atoms with Crippen molar-refractivity contribution in [2.45, 2.75) is 25.7 Å². The van der Waals surface area contributed by atoms with Crippen LogP contribution in [0.1, 0.15) is 28.7 Å². The number of hydrogen-bond acceptors (Lipinski definition) is 1. The number of rotatable bonds is 0. The molecule has 0 N–H and O–H groups in total. The van der Waals surface area contributed by atoms with E-state index < -0.39 is 11.6 Å². The van der Waals surface area contributed by atoms with Crippen LogP contribution >= 0.6 is 15.9 Å². The van der Waals surface area contributed by atoms with Gasteiger partial charge in [-0.2, -0.15) is 6.57 Å². The first kappa shape index (κ1) is 15.5. The Labute approximate surface area is 147 Å². The third-order valence-corrected chi connectivity index (χ3v) is 5.65. The lowest BCUT2D eigenvalue weighted by Crippen LogP contribution is -2.35. The number of halogens is 3. The van der Waals surface area contributed by atoms with Crippen molar-refractivity contribution < 1.29 is 8.78 Å². The minimum Gasteiger partial charge on any atom is -0.204 e. The number of benzene rings is 2. The highest BCUT2D eigenvalue weighted by Crippen LogP contribution is 2.47. The van der Waals surface area contributed by atoms with E-state index >= 15 is 0 Å². The lowest BCUT2D eigenvalue weighted by atomic mass is 9.68. The predicted octanol–water partition coefficient (Wildman–Crippen LogP) is 5.08. The molecule has 0 saturated carbocycles. The van der Waals surface area contributed by atoms with Crippen molar-refractivity contribution in [1.82, 2.24) is 0 Å². The molecule has 0 fully saturated rings. The standard InChI is InChI=1S/C19H13BrF2N2/c1-23-24-18-15-8-14(20)3-2-12(15)9-19(18)5-4-11-6-16(21)17(22)7-13(11)10-19/h2-3,6-8H,4-5,9-10H2/b24-18+. The Kier molecular flexibility index (Phi) is 3.54. The number of hydrogen-bond donors (Lipinski definition) is 0. The van der Waals surface area contributed by atoms with E-state index in [-0.39, 0.29) is 5.41 Å². The first-order valence-electron chi connectivity index (χ1n) is 7.73. The molecule has 0 amide bonds. The van der Waals surface area contributed by atoms with E-state index in [9.17, 15) is 8.78 Å². The Bertz CT molecular complexity index is 930. The Morgan fingerprint density at radius 2 is 1.75 bits per heavy atom. The molecular formula is C19H13BrF2N2. The maximum Gasteiger partial charge on any atom is 0.159 e. The molecule has 2 aliphatic rings. The van der Waals surface area contributed by atoms with Crippen molar-refractivity contribution in [2.75, 3.05) is 0 Å². The zero-order chi connectivity index (χ0) is 16.9.